The highest BCUT2D eigenvalue weighted by atomic mass is 16.6. The van der Waals surface area contributed by atoms with Crippen LogP contribution in [-0.2, 0) is 17.7 Å². The highest BCUT2D eigenvalue weighted by Crippen LogP contribution is 2.36. The smallest absolute Gasteiger partial charge is 0.414 e. The molecule has 1 amide bonds. The highest BCUT2D eigenvalue weighted by molar-refractivity contribution is 5.95. The lowest BCUT2D eigenvalue weighted by Crippen LogP contribution is -2.45. The summed E-state index contributed by atoms with van der Waals surface area (Å²) in [6, 6.07) is 12.1. The summed E-state index contributed by atoms with van der Waals surface area (Å²) in [6.45, 7) is 11.5. The number of nitrogens with zero attached hydrogens (tertiary/aromatic N) is 5. The predicted octanol–water partition coefficient (Wildman–Crippen LogP) is 4.60. The molecular formula is C32H40N6O4. The number of anilines is 2. The van der Waals surface area contributed by atoms with Crippen LogP contribution in [0.5, 0.6) is 11.8 Å². The number of nitrogens with one attached hydrogen (secondary N) is 1. The number of fused-ring (bicyclic) bond motifs is 2. The molecule has 0 bridgehead atoms. The molecule has 2 N–H and O–H groups in total. The topological polar surface area (TPSA) is 103 Å². The van der Waals surface area contributed by atoms with Crippen LogP contribution in [0.1, 0.15) is 44.9 Å². The lowest BCUT2D eigenvalue weighted by Gasteiger charge is -2.35. The molecule has 0 spiro atoms. The number of amides is 1. The molecule has 0 aliphatic carbocycles. The lowest BCUT2D eigenvalue weighted by molar-refractivity contribution is 0.0322. The number of piperazine rings is 1. The van der Waals surface area contributed by atoms with Crippen LogP contribution in [-0.4, -0.2) is 77.5 Å². The van der Waals surface area contributed by atoms with Crippen molar-refractivity contribution in [2.45, 2.75) is 52.2 Å². The quantitative estimate of drug-likeness (QED) is 0.454. The second kappa shape index (κ2) is 11.7. The summed E-state index contributed by atoms with van der Waals surface area (Å²) >= 11 is 0. The maximum absolute atomic E-state index is 12.6. The van der Waals surface area contributed by atoms with E-state index in [2.05, 4.69) is 21.2 Å². The van der Waals surface area contributed by atoms with E-state index in [0.29, 0.717) is 25.7 Å². The average Bonchev–Trinajstić information content (AvgIpc) is 2.98. The summed E-state index contributed by atoms with van der Waals surface area (Å²) in [5, 5.41) is 16.0. The average molecular weight is 573 g/mol. The van der Waals surface area contributed by atoms with Gasteiger partial charge in [0, 0.05) is 68.2 Å². The number of phenols is 1. The number of aromatic hydroxyl groups is 1. The molecule has 42 heavy (non-hydrogen) atoms. The Kier molecular flexibility index (Phi) is 7.81. The van der Waals surface area contributed by atoms with Gasteiger partial charge in [-0.25, -0.2) is 4.79 Å². The zero-order valence-corrected chi connectivity index (χ0v) is 24.7. The van der Waals surface area contributed by atoms with Crippen LogP contribution < -0.4 is 19.9 Å². The monoisotopic (exact) mass is 572 g/mol. The number of rotatable bonds is 5. The number of hydrogen-bond donors (Lipinski definition) is 2. The van der Waals surface area contributed by atoms with Gasteiger partial charge >= 0.3 is 12.1 Å². The van der Waals surface area contributed by atoms with Crippen molar-refractivity contribution in [2.24, 2.45) is 0 Å². The van der Waals surface area contributed by atoms with Crippen LogP contribution >= 0.6 is 0 Å². The van der Waals surface area contributed by atoms with Gasteiger partial charge in [-0.15, -0.1) is 0 Å². The zero-order chi connectivity index (χ0) is 29.3. The largest absolute Gasteiger partial charge is 0.508 e. The van der Waals surface area contributed by atoms with Gasteiger partial charge in [0.2, 0.25) is 0 Å². The van der Waals surface area contributed by atoms with Crippen LogP contribution in [0.15, 0.2) is 48.2 Å². The van der Waals surface area contributed by atoms with Crippen molar-refractivity contribution in [3.63, 3.8) is 0 Å². The van der Waals surface area contributed by atoms with E-state index in [9.17, 15) is 9.90 Å². The van der Waals surface area contributed by atoms with Crippen molar-refractivity contribution < 1.29 is 19.4 Å². The number of carbonyl (C=O) groups excluding carboxylic acids is 1. The van der Waals surface area contributed by atoms with Gasteiger partial charge < -0.3 is 29.7 Å². The minimum absolute atomic E-state index is 0.254. The van der Waals surface area contributed by atoms with E-state index in [1.54, 1.807) is 11.0 Å². The first-order valence-electron chi connectivity index (χ1n) is 14.9. The number of carbonyl (C=O) groups is 1. The Hall–Kier alpha value is -4.05. The number of ether oxygens (including phenoxy) is 2. The molecule has 1 fully saturated rings. The van der Waals surface area contributed by atoms with Crippen molar-refractivity contribution in [3.05, 3.63) is 59.4 Å². The second-order valence-electron chi connectivity index (χ2n) is 12.2. The molecule has 0 saturated carbocycles. The summed E-state index contributed by atoms with van der Waals surface area (Å²) in [4.78, 5) is 28.7. The number of hydrogen-bond acceptors (Lipinski definition) is 9. The van der Waals surface area contributed by atoms with Crippen molar-refractivity contribution in [2.75, 3.05) is 55.7 Å². The van der Waals surface area contributed by atoms with E-state index in [-0.39, 0.29) is 11.8 Å². The van der Waals surface area contributed by atoms with E-state index in [0.717, 1.165) is 91.1 Å². The fraction of sp³-hybridized carbons (Fsp3) is 0.469. The second-order valence-corrected chi connectivity index (χ2v) is 12.2. The van der Waals surface area contributed by atoms with Gasteiger partial charge in [-0.1, -0.05) is 24.3 Å². The van der Waals surface area contributed by atoms with Crippen LogP contribution in [0.4, 0.5) is 16.3 Å². The van der Waals surface area contributed by atoms with Crippen molar-refractivity contribution >= 4 is 28.4 Å². The van der Waals surface area contributed by atoms with Gasteiger partial charge in [-0.05, 0) is 57.1 Å². The van der Waals surface area contributed by atoms with Gasteiger partial charge in [0.15, 0.2) is 0 Å². The SMILES string of the molecule is CC(C)(C)OC(=O)N1C=C(COc2nc3c(c(N4CCNCC4)n2)CCN(c2cc(O)cc4ccccc24)C3)CCC1. The Morgan fingerprint density at radius 2 is 1.83 bits per heavy atom. The van der Waals surface area contributed by atoms with Crippen LogP contribution in [0.25, 0.3) is 10.8 Å². The maximum atomic E-state index is 12.6. The third-order valence-corrected chi connectivity index (χ3v) is 7.85. The first-order valence-corrected chi connectivity index (χ1v) is 14.9. The van der Waals surface area contributed by atoms with Crippen molar-refractivity contribution in [1.82, 2.24) is 20.2 Å². The molecule has 6 rings (SSSR count). The van der Waals surface area contributed by atoms with Crippen LogP contribution in [0.3, 0.4) is 0 Å². The third-order valence-electron chi connectivity index (χ3n) is 7.85. The Balaban J connectivity index is 1.27. The normalized spacial score (nSPS) is 17.6. The molecule has 0 unspecified atom stereocenters. The Labute approximate surface area is 246 Å². The van der Waals surface area contributed by atoms with Gasteiger partial charge in [-0.2, -0.15) is 9.97 Å². The van der Waals surface area contributed by atoms with Crippen molar-refractivity contribution in [3.8, 4) is 11.8 Å². The van der Waals surface area contributed by atoms with E-state index >= 15 is 0 Å². The van der Waals surface area contributed by atoms with E-state index < -0.39 is 5.60 Å². The zero-order valence-electron chi connectivity index (χ0n) is 24.7. The minimum Gasteiger partial charge on any atom is -0.508 e. The van der Waals surface area contributed by atoms with Crippen LogP contribution in [0.2, 0.25) is 0 Å². The summed E-state index contributed by atoms with van der Waals surface area (Å²) in [5.74, 6) is 1.20. The molecule has 10 nitrogen and oxygen atoms in total. The van der Waals surface area contributed by atoms with Gasteiger partial charge in [0.25, 0.3) is 0 Å². The molecule has 3 aromatic rings. The molecule has 2 aromatic carbocycles. The molecule has 3 aliphatic heterocycles. The molecule has 3 aliphatic rings. The molecule has 10 heteroatoms. The summed E-state index contributed by atoms with van der Waals surface area (Å²) < 4.78 is 11.8. The first kappa shape index (κ1) is 28.1. The Morgan fingerprint density at radius 1 is 1.02 bits per heavy atom. The first-order chi connectivity index (χ1) is 20.2. The van der Waals surface area contributed by atoms with Crippen LogP contribution in [0, 0.1) is 0 Å². The third kappa shape index (κ3) is 6.23. The fourth-order valence-electron chi connectivity index (χ4n) is 5.89. The van der Waals surface area contributed by atoms with E-state index in [4.69, 9.17) is 19.4 Å². The van der Waals surface area contributed by atoms with Gasteiger partial charge in [-0.3, -0.25) is 4.90 Å². The van der Waals surface area contributed by atoms with E-state index in [1.165, 1.54) is 0 Å². The van der Waals surface area contributed by atoms with Crippen molar-refractivity contribution in [1.29, 1.82) is 0 Å². The summed E-state index contributed by atoms with van der Waals surface area (Å²) in [5.41, 5.74) is 3.56. The minimum atomic E-state index is -0.547. The molecule has 1 aromatic heterocycles. The van der Waals surface area contributed by atoms with E-state index in [1.807, 2.05) is 51.2 Å². The summed E-state index contributed by atoms with van der Waals surface area (Å²) in [6.07, 6.45) is 3.99. The lowest BCUT2D eigenvalue weighted by atomic mass is 10.0. The standard InChI is InChI=1S/C32H40N6O4/c1-32(2,3)42-31(40)38-13-6-7-22(19-38)21-41-30-34-27-20-37(28-18-24(39)17-23-8-4-5-9-25(23)28)14-10-26(27)29(35-30)36-15-11-33-12-16-36/h4-5,8-9,17-19,33,39H,6-7,10-16,20-21H2,1-3H3. The molecule has 222 valence electrons. The number of benzene rings is 2. The highest BCUT2D eigenvalue weighted by Gasteiger charge is 2.28. The molecular weight excluding hydrogens is 532 g/mol. The molecule has 4 heterocycles. The molecule has 1 saturated heterocycles. The Morgan fingerprint density at radius 3 is 2.64 bits per heavy atom. The van der Waals surface area contributed by atoms with Gasteiger partial charge in [0.05, 0.1) is 12.2 Å². The predicted molar refractivity (Wildman–Crippen MR) is 163 cm³/mol. The number of phenolic OH excluding ortho intramolecular Hbond substituents is 1. The molecule has 0 radical (unpaired) electrons. The molecule has 0 atom stereocenters. The fourth-order valence-corrected chi connectivity index (χ4v) is 5.89. The Bertz CT molecular complexity index is 1490. The number of aromatic nitrogens is 2. The van der Waals surface area contributed by atoms with Gasteiger partial charge in [0.1, 0.15) is 23.8 Å². The maximum Gasteiger partial charge on any atom is 0.414 e. The summed E-state index contributed by atoms with van der Waals surface area (Å²) in [7, 11) is 0.